The van der Waals surface area contributed by atoms with Gasteiger partial charge in [-0.3, -0.25) is 4.68 Å². The molecule has 0 aromatic carbocycles. The van der Waals surface area contributed by atoms with Crippen molar-refractivity contribution in [3.8, 4) is 0 Å². The Morgan fingerprint density at radius 1 is 1.59 bits per heavy atom. The Kier molecular flexibility index (Phi) is 2.52. The Labute approximate surface area is 99.1 Å². The third kappa shape index (κ3) is 1.79. The summed E-state index contributed by atoms with van der Waals surface area (Å²) in [4.78, 5) is 0. The molecule has 0 aliphatic carbocycles. The van der Waals surface area contributed by atoms with Crippen LogP contribution in [0.4, 0.5) is 4.39 Å². The number of aliphatic hydroxyl groups is 1. The van der Waals surface area contributed by atoms with Crippen molar-refractivity contribution in [2.75, 3.05) is 0 Å². The minimum absolute atomic E-state index is 0.347. The zero-order valence-corrected chi connectivity index (χ0v) is 9.78. The molecular formula is C12H16FN3O. The number of nitrogens with one attached hydrogen (secondary N) is 1. The van der Waals surface area contributed by atoms with Crippen molar-refractivity contribution >= 4 is 5.83 Å². The predicted molar refractivity (Wildman–Crippen MR) is 61.9 cm³/mol. The zero-order chi connectivity index (χ0) is 12.0. The number of fused-ring (bicyclic) bond motifs is 3. The van der Waals surface area contributed by atoms with E-state index in [1.165, 1.54) is 6.08 Å². The van der Waals surface area contributed by atoms with Crippen LogP contribution >= 0.6 is 0 Å². The molecule has 2 atom stereocenters. The zero-order valence-electron chi connectivity index (χ0n) is 9.78. The fraction of sp³-hybridized carbons (Fsp3) is 0.583. The molecule has 0 unspecified atom stereocenters. The Balaban J connectivity index is 2.09. The van der Waals surface area contributed by atoms with Crippen LogP contribution in [0, 0.1) is 0 Å². The maximum Gasteiger partial charge on any atom is 0.147 e. The van der Waals surface area contributed by atoms with E-state index in [4.69, 9.17) is 0 Å². The third-order valence-electron chi connectivity index (χ3n) is 3.46. The molecule has 2 aliphatic heterocycles. The van der Waals surface area contributed by atoms with E-state index >= 15 is 0 Å². The monoisotopic (exact) mass is 237 g/mol. The molecule has 2 N–H and O–H groups in total. The van der Waals surface area contributed by atoms with Gasteiger partial charge in [0.05, 0.1) is 11.8 Å². The van der Waals surface area contributed by atoms with E-state index in [-0.39, 0.29) is 5.83 Å². The van der Waals surface area contributed by atoms with Gasteiger partial charge in [-0.25, -0.2) is 4.39 Å². The number of hydrogen-bond acceptors (Lipinski definition) is 3. The lowest BCUT2D eigenvalue weighted by Gasteiger charge is -2.19. The highest BCUT2D eigenvalue weighted by Gasteiger charge is 2.27. The van der Waals surface area contributed by atoms with Crippen LogP contribution in [0.15, 0.2) is 6.08 Å². The second-order valence-electron chi connectivity index (χ2n) is 4.85. The van der Waals surface area contributed by atoms with Gasteiger partial charge in [0.25, 0.3) is 0 Å². The van der Waals surface area contributed by atoms with E-state index in [0.29, 0.717) is 31.2 Å². The Bertz CT molecular complexity index is 480. The van der Waals surface area contributed by atoms with Crippen LogP contribution in [0.25, 0.3) is 5.83 Å². The quantitative estimate of drug-likeness (QED) is 0.707. The molecule has 5 heteroatoms. The summed E-state index contributed by atoms with van der Waals surface area (Å²) >= 11 is 0. The summed E-state index contributed by atoms with van der Waals surface area (Å²) in [6, 6.07) is 0.388. The van der Waals surface area contributed by atoms with E-state index < -0.39 is 6.10 Å². The van der Waals surface area contributed by atoms with Crippen LogP contribution < -0.4 is 5.32 Å². The van der Waals surface area contributed by atoms with Crippen molar-refractivity contribution in [3.05, 3.63) is 23.0 Å². The topological polar surface area (TPSA) is 50.1 Å². The molecule has 4 nitrogen and oxygen atoms in total. The molecular weight excluding hydrogens is 221 g/mol. The maximum atomic E-state index is 14.0. The summed E-state index contributed by atoms with van der Waals surface area (Å²) in [5.74, 6) is -0.347. The van der Waals surface area contributed by atoms with Crippen molar-refractivity contribution < 1.29 is 9.50 Å². The van der Waals surface area contributed by atoms with Gasteiger partial charge in [-0.15, -0.1) is 0 Å². The summed E-state index contributed by atoms with van der Waals surface area (Å²) < 4.78 is 15.7. The Morgan fingerprint density at radius 3 is 3.24 bits per heavy atom. The van der Waals surface area contributed by atoms with Gasteiger partial charge in [0.15, 0.2) is 0 Å². The number of aliphatic hydroxyl groups excluding tert-OH is 1. The molecule has 0 spiro atoms. The van der Waals surface area contributed by atoms with Gasteiger partial charge in [0.1, 0.15) is 11.5 Å². The number of rotatable bonds is 0. The molecule has 17 heavy (non-hydrogen) atoms. The van der Waals surface area contributed by atoms with Crippen LogP contribution in [-0.4, -0.2) is 27.0 Å². The molecule has 0 radical (unpaired) electrons. The number of aryl methyl sites for hydroxylation is 1. The van der Waals surface area contributed by atoms with Gasteiger partial charge >= 0.3 is 0 Å². The van der Waals surface area contributed by atoms with E-state index in [1.807, 2.05) is 0 Å². The molecule has 3 heterocycles. The fourth-order valence-corrected chi connectivity index (χ4v) is 2.55. The molecule has 3 rings (SSSR count). The maximum absolute atomic E-state index is 14.0. The van der Waals surface area contributed by atoms with E-state index in [1.54, 1.807) is 4.68 Å². The lowest BCUT2D eigenvalue weighted by atomic mass is 10.0. The molecule has 0 bridgehead atoms. The highest BCUT2D eigenvalue weighted by molar-refractivity contribution is 5.61. The summed E-state index contributed by atoms with van der Waals surface area (Å²) in [5, 5.41) is 17.3. The second kappa shape index (κ2) is 3.92. The van der Waals surface area contributed by atoms with Gasteiger partial charge < -0.3 is 10.4 Å². The standard InChI is InChI=1S/C12H16FN3O/c1-7-4-11-9(6-14-7)12-10(13)5-8(17)2-3-16(12)15-11/h5,7-8,14,17H,2-4,6H2,1H3/t7-,8+/m1/s1. The molecule has 0 fully saturated rings. The summed E-state index contributed by atoms with van der Waals surface area (Å²) in [5.41, 5.74) is 2.49. The van der Waals surface area contributed by atoms with E-state index in [9.17, 15) is 9.50 Å². The molecule has 92 valence electrons. The first kappa shape index (κ1) is 10.9. The van der Waals surface area contributed by atoms with Crippen LogP contribution in [0.3, 0.4) is 0 Å². The van der Waals surface area contributed by atoms with Crippen LogP contribution in [0.2, 0.25) is 0 Å². The molecule has 1 aromatic heterocycles. The minimum atomic E-state index is -0.706. The lowest BCUT2D eigenvalue weighted by Crippen LogP contribution is -2.32. The van der Waals surface area contributed by atoms with E-state index in [0.717, 1.165) is 17.7 Å². The van der Waals surface area contributed by atoms with Gasteiger partial charge in [-0.1, -0.05) is 0 Å². The SMILES string of the molecule is C[C@@H]1Cc2nn3c(c2CN1)C(F)=C[C@@H](O)CC3. The number of nitrogens with zero attached hydrogens (tertiary/aromatic N) is 2. The molecule has 0 saturated carbocycles. The highest BCUT2D eigenvalue weighted by Crippen LogP contribution is 2.29. The van der Waals surface area contributed by atoms with Gasteiger partial charge in [0, 0.05) is 31.1 Å². The fourth-order valence-electron chi connectivity index (χ4n) is 2.55. The van der Waals surface area contributed by atoms with Crippen LogP contribution in [-0.2, 0) is 19.5 Å². The molecule has 0 amide bonds. The summed E-state index contributed by atoms with van der Waals surface area (Å²) in [6.45, 7) is 3.33. The highest BCUT2D eigenvalue weighted by atomic mass is 19.1. The first-order chi connectivity index (χ1) is 8.15. The molecule has 1 aromatic rings. The predicted octanol–water partition coefficient (Wildman–Crippen LogP) is 0.992. The average molecular weight is 237 g/mol. The first-order valence-corrected chi connectivity index (χ1v) is 6.03. The average Bonchev–Trinajstić information content (AvgIpc) is 2.56. The number of halogens is 1. The van der Waals surface area contributed by atoms with Crippen LogP contribution in [0.5, 0.6) is 0 Å². The van der Waals surface area contributed by atoms with Crippen molar-refractivity contribution in [2.24, 2.45) is 0 Å². The third-order valence-corrected chi connectivity index (χ3v) is 3.46. The largest absolute Gasteiger partial charge is 0.389 e. The molecule has 0 saturated heterocycles. The molecule has 2 aliphatic rings. The van der Waals surface area contributed by atoms with Gasteiger partial charge in [-0.05, 0) is 19.4 Å². The van der Waals surface area contributed by atoms with Gasteiger partial charge in [-0.2, -0.15) is 5.10 Å². The van der Waals surface area contributed by atoms with Crippen LogP contribution in [0.1, 0.15) is 30.3 Å². The summed E-state index contributed by atoms with van der Waals surface area (Å²) in [6.07, 6.45) is 1.94. The lowest BCUT2D eigenvalue weighted by molar-refractivity contribution is 0.205. The number of hydrogen-bond donors (Lipinski definition) is 2. The van der Waals surface area contributed by atoms with Crippen molar-refractivity contribution in [3.63, 3.8) is 0 Å². The Morgan fingerprint density at radius 2 is 2.41 bits per heavy atom. The van der Waals surface area contributed by atoms with E-state index in [2.05, 4.69) is 17.3 Å². The van der Waals surface area contributed by atoms with Crippen molar-refractivity contribution in [1.82, 2.24) is 15.1 Å². The normalized spacial score (nSPS) is 28.1. The van der Waals surface area contributed by atoms with Crippen molar-refractivity contribution in [1.29, 1.82) is 0 Å². The smallest absolute Gasteiger partial charge is 0.147 e. The van der Waals surface area contributed by atoms with Gasteiger partial charge in [0.2, 0.25) is 0 Å². The second-order valence-corrected chi connectivity index (χ2v) is 4.85. The van der Waals surface area contributed by atoms with Crippen molar-refractivity contribution in [2.45, 2.75) is 45.0 Å². The minimum Gasteiger partial charge on any atom is -0.389 e. The Hall–Kier alpha value is -1.20. The first-order valence-electron chi connectivity index (χ1n) is 6.03. The number of aromatic nitrogens is 2. The summed E-state index contributed by atoms with van der Waals surface area (Å²) in [7, 11) is 0.